The van der Waals surface area contributed by atoms with Gasteiger partial charge in [-0.25, -0.2) is 0 Å². The maximum atomic E-state index is 11.8. The zero-order valence-electron chi connectivity index (χ0n) is 11.3. The standard InChI is InChI=1S/C13H24N2O3/c1-17-13(18-2)8-14-12(16)7-9-5-10-3-4-11(6-9)15-10/h9-11,13,15H,3-8H2,1-2H3,(H,14,16). The highest BCUT2D eigenvalue weighted by molar-refractivity contribution is 5.76. The second-order valence-electron chi connectivity index (χ2n) is 5.38. The summed E-state index contributed by atoms with van der Waals surface area (Å²) in [5, 5.41) is 6.46. The first-order valence-corrected chi connectivity index (χ1v) is 6.79. The molecule has 0 aromatic carbocycles. The molecule has 2 saturated heterocycles. The van der Waals surface area contributed by atoms with E-state index in [0.29, 0.717) is 31.0 Å². The van der Waals surface area contributed by atoms with Crippen LogP contribution in [0.2, 0.25) is 0 Å². The first-order valence-electron chi connectivity index (χ1n) is 6.79. The second-order valence-corrected chi connectivity index (χ2v) is 5.38. The van der Waals surface area contributed by atoms with Crippen LogP contribution in [-0.2, 0) is 14.3 Å². The van der Waals surface area contributed by atoms with Crippen molar-refractivity contribution in [3.05, 3.63) is 0 Å². The summed E-state index contributed by atoms with van der Waals surface area (Å²) in [6.07, 6.45) is 5.12. The van der Waals surface area contributed by atoms with Crippen LogP contribution in [-0.4, -0.2) is 45.0 Å². The number of hydrogen-bond donors (Lipinski definition) is 2. The Morgan fingerprint density at radius 3 is 2.44 bits per heavy atom. The largest absolute Gasteiger partial charge is 0.354 e. The van der Waals surface area contributed by atoms with Gasteiger partial charge in [0.1, 0.15) is 0 Å². The van der Waals surface area contributed by atoms with E-state index in [2.05, 4.69) is 10.6 Å². The van der Waals surface area contributed by atoms with E-state index in [4.69, 9.17) is 9.47 Å². The van der Waals surface area contributed by atoms with Crippen LogP contribution in [0.5, 0.6) is 0 Å². The van der Waals surface area contributed by atoms with Crippen LogP contribution in [0.1, 0.15) is 32.1 Å². The van der Waals surface area contributed by atoms with Crippen LogP contribution < -0.4 is 10.6 Å². The third-order valence-corrected chi connectivity index (χ3v) is 4.04. The number of carbonyl (C=O) groups is 1. The van der Waals surface area contributed by atoms with Gasteiger partial charge in [0.05, 0.1) is 6.54 Å². The highest BCUT2D eigenvalue weighted by Crippen LogP contribution is 2.32. The number of amides is 1. The van der Waals surface area contributed by atoms with Gasteiger partial charge < -0.3 is 20.1 Å². The van der Waals surface area contributed by atoms with Crippen molar-refractivity contribution in [1.29, 1.82) is 0 Å². The van der Waals surface area contributed by atoms with Gasteiger partial charge in [0.25, 0.3) is 0 Å². The fraction of sp³-hybridized carbons (Fsp3) is 0.923. The smallest absolute Gasteiger partial charge is 0.220 e. The summed E-state index contributed by atoms with van der Waals surface area (Å²) < 4.78 is 10.1. The van der Waals surface area contributed by atoms with Crippen LogP contribution >= 0.6 is 0 Å². The van der Waals surface area contributed by atoms with Crippen molar-refractivity contribution in [3.8, 4) is 0 Å². The van der Waals surface area contributed by atoms with Crippen LogP contribution in [0.3, 0.4) is 0 Å². The van der Waals surface area contributed by atoms with Gasteiger partial charge in [-0.2, -0.15) is 0 Å². The Morgan fingerprint density at radius 1 is 1.28 bits per heavy atom. The summed E-state index contributed by atoms with van der Waals surface area (Å²) >= 11 is 0. The van der Waals surface area contributed by atoms with Gasteiger partial charge in [0, 0.05) is 32.7 Å². The van der Waals surface area contributed by atoms with Crippen LogP contribution in [0.15, 0.2) is 0 Å². The molecule has 0 aromatic rings. The van der Waals surface area contributed by atoms with Gasteiger partial charge in [-0.1, -0.05) is 0 Å². The van der Waals surface area contributed by atoms with E-state index in [1.807, 2.05) is 0 Å². The number of carbonyl (C=O) groups excluding carboxylic acids is 1. The molecule has 2 bridgehead atoms. The SMILES string of the molecule is COC(CNC(=O)CC1CC2CCC(C1)N2)OC. The van der Waals surface area contributed by atoms with E-state index < -0.39 is 0 Å². The molecule has 2 N–H and O–H groups in total. The summed E-state index contributed by atoms with van der Waals surface area (Å²) in [5.41, 5.74) is 0. The second kappa shape index (κ2) is 6.50. The average molecular weight is 256 g/mol. The Hall–Kier alpha value is -0.650. The molecule has 2 fully saturated rings. The molecule has 2 atom stereocenters. The summed E-state index contributed by atoms with van der Waals surface area (Å²) in [7, 11) is 3.15. The topological polar surface area (TPSA) is 59.6 Å². The maximum Gasteiger partial charge on any atom is 0.220 e. The number of hydrogen-bond acceptors (Lipinski definition) is 4. The molecule has 2 unspecified atom stereocenters. The Morgan fingerprint density at radius 2 is 1.89 bits per heavy atom. The summed E-state index contributed by atoms with van der Waals surface area (Å²) in [5.74, 6) is 0.646. The van der Waals surface area contributed by atoms with E-state index in [1.54, 1.807) is 14.2 Å². The molecule has 0 aromatic heterocycles. The molecule has 0 radical (unpaired) electrons. The third-order valence-electron chi connectivity index (χ3n) is 4.04. The molecule has 1 amide bonds. The molecule has 0 aliphatic carbocycles. The molecule has 2 rings (SSSR count). The lowest BCUT2D eigenvalue weighted by atomic mass is 9.89. The summed E-state index contributed by atoms with van der Waals surface area (Å²) in [4.78, 5) is 11.8. The quantitative estimate of drug-likeness (QED) is 0.685. The maximum absolute atomic E-state index is 11.8. The molecule has 18 heavy (non-hydrogen) atoms. The molecular weight excluding hydrogens is 232 g/mol. The lowest BCUT2D eigenvalue weighted by Crippen LogP contribution is -2.40. The van der Waals surface area contributed by atoms with Crippen molar-refractivity contribution in [3.63, 3.8) is 0 Å². The number of methoxy groups -OCH3 is 2. The molecule has 104 valence electrons. The number of fused-ring (bicyclic) bond motifs is 2. The fourth-order valence-electron chi connectivity index (χ4n) is 3.14. The van der Waals surface area contributed by atoms with Gasteiger partial charge >= 0.3 is 0 Å². The van der Waals surface area contributed by atoms with Crippen LogP contribution in [0, 0.1) is 5.92 Å². The van der Waals surface area contributed by atoms with Crippen molar-refractivity contribution < 1.29 is 14.3 Å². The van der Waals surface area contributed by atoms with E-state index >= 15 is 0 Å². The zero-order valence-corrected chi connectivity index (χ0v) is 11.3. The van der Waals surface area contributed by atoms with E-state index in [0.717, 1.165) is 12.8 Å². The van der Waals surface area contributed by atoms with Gasteiger partial charge in [0.15, 0.2) is 6.29 Å². The van der Waals surface area contributed by atoms with Crippen molar-refractivity contribution in [2.45, 2.75) is 50.5 Å². The minimum absolute atomic E-state index is 0.111. The minimum Gasteiger partial charge on any atom is -0.354 e. The van der Waals surface area contributed by atoms with Gasteiger partial charge in [-0.15, -0.1) is 0 Å². The summed E-state index contributed by atoms with van der Waals surface area (Å²) in [6, 6.07) is 1.29. The first-order chi connectivity index (χ1) is 8.71. The molecule has 2 heterocycles. The fourth-order valence-corrected chi connectivity index (χ4v) is 3.14. The number of nitrogens with one attached hydrogen (secondary N) is 2. The molecule has 5 nitrogen and oxygen atoms in total. The molecule has 2 aliphatic rings. The van der Waals surface area contributed by atoms with Crippen molar-refractivity contribution >= 4 is 5.91 Å². The Bertz CT molecular complexity index is 269. The predicted molar refractivity (Wildman–Crippen MR) is 68.1 cm³/mol. The first kappa shape index (κ1) is 13.8. The van der Waals surface area contributed by atoms with Gasteiger partial charge in [-0.3, -0.25) is 4.79 Å². The van der Waals surface area contributed by atoms with Crippen LogP contribution in [0.25, 0.3) is 0 Å². The molecule has 2 aliphatic heterocycles. The molecule has 0 saturated carbocycles. The lowest BCUT2D eigenvalue weighted by Gasteiger charge is -2.28. The highest BCUT2D eigenvalue weighted by atomic mass is 16.7. The van der Waals surface area contributed by atoms with E-state index in [-0.39, 0.29) is 12.2 Å². The number of piperidine rings is 1. The van der Waals surface area contributed by atoms with Gasteiger partial charge in [-0.05, 0) is 31.6 Å². The lowest BCUT2D eigenvalue weighted by molar-refractivity contribution is -0.128. The number of rotatable bonds is 6. The van der Waals surface area contributed by atoms with E-state index in [9.17, 15) is 4.79 Å². The Labute approximate surface area is 109 Å². The highest BCUT2D eigenvalue weighted by Gasteiger charge is 2.34. The minimum atomic E-state index is -0.349. The number of ether oxygens (including phenoxy) is 2. The predicted octanol–water partition coefficient (Wildman–Crippen LogP) is 0.642. The van der Waals surface area contributed by atoms with Crippen LogP contribution in [0.4, 0.5) is 0 Å². The third kappa shape index (κ3) is 3.67. The van der Waals surface area contributed by atoms with E-state index in [1.165, 1.54) is 12.8 Å². The molecule has 0 spiro atoms. The normalized spacial score (nSPS) is 30.7. The van der Waals surface area contributed by atoms with Gasteiger partial charge in [0.2, 0.25) is 5.91 Å². The average Bonchev–Trinajstić information content (AvgIpc) is 2.70. The molecule has 5 heteroatoms. The monoisotopic (exact) mass is 256 g/mol. The summed E-state index contributed by atoms with van der Waals surface area (Å²) in [6.45, 7) is 0.420. The zero-order chi connectivity index (χ0) is 13.0. The van der Waals surface area contributed by atoms with Crippen molar-refractivity contribution in [2.24, 2.45) is 5.92 Å². The molecular formula is C13H24N2O3. The van der Waals surface area contributed by atoms with Crippen molar-refractivity contribution in [2.75, 3.05) is 20.8 Å². The van der Waals surface area contributed by atoms with Crippen molar-refractivity contribution in [1.82, 2.24) is 10.6 Å². The Balaban J connectivity index is 1.68. The Kier molecular flexibility index (Phi) is 4.97.